The summed E-state index contributed by atoms with van der Waals surface area (Å²) in [5.74, 6) is 0.327. The third-order valence-electron chi connectivity index (χ3n) is 5.16. The lowest BCUT2D eigenvalue weighted by atomic mass is 10.1. The number of carbonyl (C=O) groups is 2. The molecule has 1 N–H and O–H groups in total. The summed E-state index contributed by atoms with van der Waals surface area (Å²) in [6.07, 6.45) is 2.38. The number of rotatable bonds is 7. The van der Waals surface area contributed by atoms with Gasteiger partial charge in [0.15, 0.2) is 0 Å². The number of benzene rings is 3. The van der Waals surface area contributed by atoms with E-state index in [2.05, 4.69) is 22.7 Å². The molecule has 32 heavy (non-hydrogen) atoms. The minimum absolute atomic E-state index is 0.0359. The van der Waals surface area contributed by atoms with Crippen molar-refractivity contribution < 1.29 is 9.59 Å². The third kappa shape index (κ3) is 5.58. The molecular weight excluding hydrogens is 442 g/mol. The second kappa shape index (κ2) is 10.5. The molecule has 0 bridgehead atoms. The second-order valence-corrected chi connectivity index (χ2v) is 8.86. The van der Waals surface area contributed by atoms with Crippen LogP contribution >= 0.6 is 23.4 Å². The molecule has 0 radical (unpaired) electrons. The molecule has 4 rings (SSSR count). The number of nitrogens with one attached hydrogen (secondary N) is 1. The van der Waals surface area contributed by atoms with Crippen molar-refractivity contribution in [2.24, 2.45) is 5.10 Å². The number of carbonyl (C=O) groups excluding carboxylic acids is 2. The molecule has 7 heteroatoms. The number of thioether (sulfide) groups is 1. The van der Waals surface area contributed by atoms with Crippen LogP contribution in [0.5, 0.6) is 0 Å². The van der Waals surface area contributed by atoms with Gasteiger partial charge in [0.2, 0.25) is 5.91 Å². The first-order valence-electron chi connectivity index (χ1n) is 10.2. The average molecular weight is 464 g/mol. The number of hydrazone groups is 1. The lowest BCUT2D eigenvalue weighted by molar-refractivity contribution is -0.128. The van der Waals surface area contributed by atoms with Crippen molar-refractivity contribution in [3.63, 3.8) is 0 Å². The van der Waals surface area contributed by atoms with E-state index in [1.54, 1.807) is 42.2 Å². The summed E-state index contributed by atoms with van der Waals surface area (Å²) in [5.41, 5.74) is 6.10. The van der Waals surface area contributed by atoms with Gasteiger partial charge in [-0.3, -0.25) is 9.59 Å². The van der Waals surface area contributed by atoms with Gasteiger partial charge >= 0.3 is 0 Å². The topological polar surface area (TPSA) is 61.8 Å². The van der Waals surface area contributed by atoms with Gasteiger partial charge < -0.3 is 4.90 Å². The molecule has 1 heterocycles. The summed E-state index contributed by atoms with van der Waals surface area (Å²) in [4.78, 5) is 26.7. The Hall–Kier alpha value is -3.09. The molecule has 0 unspecified atom stereocenters. The minimum Gasteiger partial charge on any atom is -0.326 e. The van der Waals surface area contributed by atoms with Gasteiger partial charge in [-0.15, -0.1) is 11.8 Å². The van der Waals surface area contributed by atoms with Crippen molar-refractivity contribution in [2.75, 3.05) is 12.3 Å². The van der Waals surface area contributed by atoms with Crippen LogP contribution in [0.3, 0.4) is 0 Å². The summed E-state index contributed by atoms with van der Waals surface area (Å²) in [6.45, 7) is 0.669. The van der Waals surface area contributed by atoms with Crippen LogP contribution in [0.4, 0.5) is 0 Å². The predicted molar refractivity (Wildman–Crippen MR) is 130 cm³/mol. The van der Waals surface area contributed by atoms with Gasteiger partial charge in [0.25, 0.3) is 5.91 Å². The Morgan fingerprint density at radius 2 is 1.78 bits per heavy atom. The van der Waals surface area contributed by atoms with Crippen molar-refractivity contribution in [3.05, 3.63) is 106 Å². The highest BCUT2D eigenvalue weighted by Gasteiger charge is 2.32. The first kappa shape index (κ1) is 22.1. The van der Waals surface area contributed by atoms with Crippen LogP contribution in [0.15, 0.2) is 84.0 Å². The second-order valence-electron chi connectivity index (χ2n) is 7.36. The first-order valence-corrected chi connectivity index (χ1v) is 11.7. The summed E-state index contributed by atoms with van der Waals surface area (Å²) >= 11 is 7.48. The normalized spacial score (nSPS) is 16.0. The molecule has 0 aromatic heterocycles. The van der Waals surface area contributed by atoms with Crippen molar-refractivity contribution in [3.8, 4) is 0 Å². The zero-order valence-corrected chi connectivity index (χ0v) is 18.9. The Balaban J connectivity index is 1.36. The van der Waals surface area contributed by atoms with Crippen molar-refractivity contribution >= 4 is 41.4 Å². The molecule has 1 aliphatic heterocycles. The molecule has 3 aromatic carbocycles. The summed E-state index contributed by atoms with van der Waals surface area (Å²) < 4.78 is 0. The van der Waals surface area contributed by atoms with Gasteiger partial charge in [0.05, 0.1) is 12.0 Å². The molecule has 1 saturated heterocycles. The molecule has 5 nitrogen and oxygen atoms in total. The smallest absolute Gasteiger partial charge is 0.271 e. The standard InChI is InChI=1S/C25H22ClN3O2S/c26-22-12-6-19(7-13-22)16-27-28-24(31)20-8-10-21(11-9-20)25-29(23(30)17-32-25)15-14-18-4-2-1-3-5-18/h1-13,16,25H,14-15,17H2,(H,28,31)/b27-16-/t25-/m1/s1. The van der Waals surface area contributed by atoms with E-state index in [0.717, 1.165) is 17.5 Å². The van der Waals surface area contributed by atoms with E-state index in [1.807, 2.05) is 47.4 Å². The van der Waals surface area contributed by atoms with Gasteiger partial charge in [-0.05, 0) is 47.4 Å². The highest BCUT2D eigenvalue weighted by atomic mass is 35.5. The number of hydrogen-bond acceptors (Lipinski definition) is 4. The zero-order chi connectivity index (χ0) is 22.3. The molecule has 1 atom stereocenters. The van der Waals surface area contributed by atoms with Crippen LogP contribution in [-0.4, -0.2) is 35.2 Å². The summed E-state index contributed by atoms with van der Waals surface area (Å²) in [6, 6.07) is 24.7. The van der Waals surface area contributed by atoms with E-state index in [4.69, 9.17) is 11.6 Å². The molecule has 1 fully saturated rings. The molecule has 2 amide bonds. The molecule has 0 spiro atoms. The zero-order valence-electron chi connectivity index (χ0n) is 17.3. The fourth-order valence-corrected chi connectivity index (χ4v) is 4.79. The fourth-order valence-electron chi connectivity index (χ4n) is 3.44. The van der Waals surface area contributed by atoms with Gasteiger partial charge in [0, 0.05) is 17.1 Å². The molecule has 0 aliphatic carbocycles. The van der Waals surface area contributed by atoms with E-state index in [1.165, 1.54) is 5.56 Å². The molecular formula is C25H22ClN3O2S. The third-order valence-corrected chi connectivity index (χ3v) is 6.67. The highest BCUT2D eigenvalue weighted by molar-refractivity contribution is 8.00. The van der Waals surface area contributed by atoms with Crippen LogP contribution in [0.2, 0.25) is 5.02 Å². The predicted octanol–water partition coefficient (Wildman–Crippen LogP) is 4.92. The van der Waals surface area contributed by atoms with E-state index < -0.39 is 0 Å². The lowest BCUT2D eigenvalue weighted by Gasteiger charge is -2.24. The maximum atomic E-state index is 12.4. The van der Waals surface area contributed by atoms with Crippen LogP contribution < -0.4 is 5.43 Å². The van der Waals surface area contributed by atoms with Gasteiger partial charge in [-0.25, -0.2) is 5.43 Å². The first-order chi connectivity index (χ1) is 15.6. The highest BCUT2D eigenvalue weighted by Crippen LogP contribution is 2.38. The van der Waals surface area contributed by atoms with E-state index in [-0.39, 0.29) is 17.2 Å². The monoisotopic (exact) mass is 463 g/mol. The Morgan fingerprint density at radius 3 is 2.50 bits per heavy atom. The quantitative estimate of drug-likeness (QED) is 0.399. The average Bonchev–Trinajstić information content (AvgIpc) is 3.20. The molecule has 162 valence electrons. The number of hydrogen-bond donors (Lipinski definition) is 1. The summed E-state index contributed by atoms with van der Waals surface area (Å²) in [5, 5.41) is 4.61. The largest absolute Gasteiger partial charge is 0.326 e. The Labute approximate surface area is 196 Å². The van der Waals surface area contributed by atoms with Crippen LogP contribution in [0.1, 0.15) is 32.4 Å². The van der Waals surface area contributed by atoms with Crippen LogP contribution in [0, 0.1) is 0 Å². The van der Waals surface area contributed by atoms with Gasteiger partial charge in [0.1, 0.15) is 5.37 Å². The number of nitrogens with zero attached hydrogens (tertiary/aromatic N) is 2. The molecule has 0 saturated carbocycles. The number of halogens is 1. The van der Waals surface area contributed by atoms with Crippen LogP contribution in [0.25, 0.3) is 0 Å². The van der Waals surface area contributed by atoms with E-state index >= 15 is 0 Å². The van der Waals surface area contributed by atoms with E-state index in [9.17, 15) is 9.59 Å². The summed E-state index contributed by atoms with van der Waals surface area (Å²) in [7, 11) is 0. The Kier molecular flexibility index (Phi) is 7.24. The molecule has 3 aromatic rings. The maximum Gasteiger partial charge on any atom is 0.271 e. The number of amides is 2. The van der Waals surface area contributed by atoms with Crippen molar-refractivity contribution in [1.82, 2.24) is 10.3 Å². The van der Waals surface area contributed by atoms with Crippen molar-refractivity contribution in [2.45, 2.75) is 11.8 Å². The Morgan fingerprint density at radius 1 is 1.06 bits per heavy atom. The SMILES string of the molecule is O=C(N/N=C\c1ccc(Cl)cc1)c1ccc([C@H]2SCC(=O)N2CCc2ccccc2)cc1. The van der Waals surface area contributed by atoms with Gasteiger partial charge in [-0.2, -0.15) is 5.10 Å². The Bertz CT molecular complexity index is 1100. The van der Waals surface area contributed by atoms with Gasteiger partial charge in [-0.1, -0.05) is 66.2 Å². The van der Waals surface area contributed by atoms with Crippen LogP contribution in [-0.2, 0) is 11.2 Å². The van der Waals surface area contributed by atoms with Crippen molar-refractivity contribution in [1.29, 1.82) is 0 Å². The fraction of sp³-hybridized carbons (Fsp3) is 0.160. The maximum absolute atomic E-state index is 12.4. The molecule has 1 aliphatic rings. The van der Waals surface area contributed by atoms with E-state index in [0.29, 0.717) is 22.9 Å². The lowest BCUT2D eigenvalue weighted by Crippen LogP contribution is -2.30. The minimum atomic E-state index is -0.294.